The number of ether oxygens (including phenoxy) is 2. The standard InChI is InChI=1S/C15H15NO3S2/c1-18-11-4-3-9(7-12(11)19-2)14-15-10(5-6-20-15)16-13(17)8-21-14/h3-7,14H,8H2,1-2H3,(H,16,17)/t14-/m0/s1. The van der Waals surface area contributed by atoms with Crippen molar-refractivity contribution >= 4 is 34.7 Å². The lowest BCUT2D eigenvalue weighted by atomic mass is 10.1. The zero-order chi connectivity index (χ0) is 14.8. The third kappa shape index (κ3) is 2.73. The van der Waals surface area contributed by atoms with E-state index in [0.717, 1.165) is 16.1 Å². The first kappa shape index (κ1) is 14.3. The average molecular weight is 321 g/mol. The Morgan fingerprint density at radius 2 is 2.00 bits per heavy atom. The minimum absolute atomic E-state index is 0.0441. The Labute approximate surface area is 131 Å². The largest absolute Gasteiger partial charge is 0.493 e. The molecule has 1 N–H and O–H groups in total. The van der Waals surface area contributed by atoms with Crippen molar-refractivity contribution in [3.05, 3.63) is 40.1 Å². The maximum atomic E-state index is 11.8. The van der Waals surface area contributed by atoms with E-state index < -0.39 is 0 Å². The van der Waals surface area contributed by atoms with Gasteiger partial charge >= 0.3 is 0 Å². The Kier molecular flexibility index (Phi) is 4.07. The van der Waals surface area contributed by atoms with E-state index in [4.69, 9.17) is 9.47 Å². The number of thioether (sulfide) groups is 1. The van der Waals surface area contributed by atoms with Gasteiger partial charge in [0.1, 0.15) is 0 Å². The Bertz CT molecular complexity index is 669. The summed E-state index contributed by atoms with van der Waals surface area (Å²) in [7, 11) is 3.25. The number of thiophene rings is 1. The molecule has 0 aliphatic carbocycles. The number of carbonyl (C=O) groups is 1. The van der Waals surface area contributed by atoms with Crippen molar-refractivity contribution in [1.82, 2.24) is 0 Å². The van der Waals surface area contributed by atoms with Gasteiger partial charge < -0.3 is 14.8 Å². The van der Waals surface area contributed by atoms with Crippen LogP contribution in [0.2, 0.25) is 0 Å². The van der Waals surface area contributed by atoms with E-state index in [0.29, 0.717) is 17.3 Å². The van der Waals surface area contributed by atoms with Crippen molar-refractivity contribution in [1.29, 1.82) is 0 Å². The summed E-state index contributed by atoms with van der Waals surface area (Å²) in [6.45, 7) is 0. The first-order valence-corrected chi connectivity index (χ1v) is 8.36. The summed E-state index contributed by atoms with van der Waals surface area (Å²) in [4.78, 5) is 12.9. The number of benzene rings is 1. The molecule has 2 aromatic rings. The molecule has 0 saturated heterocycles. The molecular formula is C15H15NO3S2. The highest BCUT2D eigenvalue weighted by Gasteiger charge is 2.26. The smallest absolute Gasteiger partial charge is 0.234 e. The average Bonchev–Trinajstić information content (AvgIpc) is 2.89. The first-order chi connectivity index (χ1) is 10.2. The van der Waals surface area contributed by atoms with Gasteiger partial charge in [-0.25, -0.2) is 0 Å². The summed E-state index contributed by atoms with van der Waals surface area (Å²) in [5.74, 6) is 1.90. The number of fused-ring (bicyclic) bond motifs is 1. The zero-order valence-corrected chi connectivity index (χ0v) is 13.3. The van der Waals surface area contributed by atoms with Crippen LogP contribution in [0.25, 0.3) is 0 Å². The van der Waals surface area contributed by atoms with Crippen LogP contribution in [0.15, 0.2) is 29.6 Å². The molecule has 2 heterocycles. The lowest BCUT2D eigenvalue weighted by Gasteiger charge is -2.16. The summed E-state index contributed by atoms with van der Waals surface area (Å²) in [5.41, 5.74) is 2.02. The SMILES string of the molecule is COc1ccc([C@@H]2SCC(=O)Nc3ccsc32)cc1OC. The number of amides is 1. The fourth-order valence-corrected chi connectivity index (χ4v) is 4.55. The number of methoxy groups -OCH3 is 2. The van der Waals surface area contributed by atoms with Crippen LogP contribution in [-0.2, 0) is 4.79 Å². The Morgan fingerprint density at radius 1 is 1.19 bits per heavy atom. The quantitative estimate of drug-likeness (QED) is 0.939. The van der Waals surface area contributed by atoms with Gasteiger partial charge in [-0.1, -0.05) is 6.07 Å². The third-order valence-corrected chi connectivity index (χ3v) is 5.70. The van der Waals surface area contributed by atoms with Crippen LogP contribution in [0, 0.1) is 0 Å². The normalized spacial score (nSPS) is 17.6. The van der Waals surface area contributed by atoms with E-state index in [-0.39, 0.29) is 11.2 Å². The van der Waals surface area contributed by atoms with Crippen molar-refractivity contribution in [2.75, 3.05) is 25.3 Å². The highest BCUT2D eigenvalue weighted by molar-refractivity contribution is 8.00. The summed E-state index contributed by atoms with van der Waals surface area (Å²) in [6, 6.07) is 7.87. The summed E-state index contributed by atoms with van der Waals surface area (Å²) < 4.78 is 10.7. The first-order valence-electron chi connectivity index (χ1n) is 6.43. The van der Waals surface area contributed by atoms with Crippen molar-refractivity contribution in [2.24, 2.45) is 0 Å². The molecule has 4 nitrogen and oxygen atoms in total. The lowest BCUT2D eigenvalue weighted by molar-refractivity contribution is -0.113. The number of anilines is 1. The molecule has 1 atom stereocenters. The molecule has 0 radical (unpaired) electrons. The molecule has 0 unspecified atom stereocenters. The molecule has 1 aromatic carbocycles. The second-order valence-electron chi connectivity index (χ2n) is 4.55. The minimum atomic E-state index is 0.0441. The summed E-state index contributed by atoms with van der Waals surface area (Å²) in [6.07, 6.45) is 0. The van der Waals surface area contributed by atoms with Crippen LogP contribution in [0.4, 0.5) is 5.69 Å². The molecule has 110 valence electrons. The molecule has 1 aliphatic heterocycles. The Morgan fingerprint density at radius 3 is 2.76 bits per heavy atom. The van der Waals surface area contributed by atoms with Gasteiger partial charge in [-0.2, -0.15) is 0 Å². The van der Waals surface area contributed by atoms with Crippen LogP contribution in [0.5, 0.6) is 11.5 Å². The van der Waals surface area contributed by atoms with Gasteiger partial charge in [-0.15, -0.1) is 23.1 Å². The van der Waals surface area contributed by atoms with Gasteiger partial charge in [0.2, 0.25) is 5.91 Å². The molecule has 1 amide bonds. The second-order valence-corrected chi connectivity index (χ2v) is 6.59. The Hall–Kier alpha value is -1.66. The number of nitrogens with one attached hydrogen (secondary N) is 1. The van der Waals surface area contributed by atoms with Gasteiger partial charge in [-0.3, -0.25) is 4.79 Å². The van der Waals surface area contributed by atoms with Crippen LogP contribution < -0.4 is 14.8 Å². The Balaban J connectivity index is 2.02. The van der Waals surface area contributed by atoms with Gasteiger partial charge in [0, 0.05) is 4.88 Å². The van der Waals surface area contributed by atoms with Crippen molar-refractivity contribution < 1.29 is 14.3 Å². The van der Waals surface area contributed by atoms with E-state index in [1.54, 1.807) is 37.3 Å². The topological polar surface area (TPSA) is 47.6 Å². The molecular weight excluding hydrogens is 306 g/mol. The van der Waals surface area contributed by atoms with Gasteiger partial charge in [0.15, 0.2) is 11.5 Å². The molecule has 1 aliphatic rings. The van der Waals surface area contributed by atoms with Crippen molar-refractivity contribution in [2.45, 2.75) is 5.25 Å². The molecule has 0 fully saturated rings. The molecule has 0 saturated carbocycles. The number of rotatable bonds is 3. The maximum Gasteiger partial charge on any atom is 0.234 e. The summed E-state index contributed by atoms with van der Waals surface area (Å²) >= 11 is 3.29. The van der Waals surface area contributed by atoms with Gasteiger partial charge in [0.25, 0.3) is 0 Å². The fourth-order valence-electron chi connectivity index (χ4n) is 2.31. The predicted molar refractivity (Wildman–Crippen MR) is 86.8 cm³/mol. The highest BCUT2D eigenvalue weighted by Crippen LogP contribution is 2.45. The van der Waals surface area contributed by atoms with Crippen LogP contribution >= 0.6 is 23.1 Å². The lowest BCUT2D eigenvalue weighted by Crippen LogP contribution is -2.11. The monoisotopic (exact) mass is 321 g/mol. The van der Waals surface area contributed by atoms with E-state index in [1.165, 1.54) is 0 Å². The van der Waals surface area contributed by atoms with Gasteiger partial charge in [0.05, 0.1) is 30.9 Å². The highest BCUT2D eigenvalue weighted by atomic mass is 32.2. The zero-order valence-electron chi connectivity index (χ0n) is 11.7. The van der Waals surface area contributed by atoms with E-state index in [2.05, 4.69) is 5.32 Å². The molecule has 21 heavy (non-hydrogen) atoms. The molecule has 6 heteroatoms. The van der Waals surface area contributed by atoms with E-state index in [9.17, 15) is 4.79 Å². The molecule has 0 spiro atoms. The predicted octanol–water partition coefficient (Wildman–Crippen LogP) is 3.54. The summed E-state index contributed by atoms with van der Waals surface area (Å²) in [5, 5.41) is 5.08. The van der Waals surface area contributed by atoms with Gasteiger partial charge in [-0.05, 0) is 29.1 Å². The fraction of sp³-hybridized carbons (Fsp3) is 0.267. The van der Waals surface area contributed by atoms with Crippen LogP contribution in [0.3, 0.4) is 0 Å². The van der Waals surface area contributed by atoms with Crippen molar-refractivity contribution in [3.8, 4) is 11.5 Å². The van der Waals surface area contributed by atoms with E-state index >= 15 is 0 Å². The molecule has 0 bridgehead atoms. The van der Waals surface area contributed by atoms with Crippen LogP contribution in [-0.4, -0.2) is 25.9 Å². The number of hydrogen-bond acceptors (Lipinski definition) is 5. The minimum Gasteiger partial charge on any atom is -0.493 e. The molecule has 3 rings (SSSR count). The third-order valence-electron chi connectivity index (χ3n) is 3.30. The maximum absolute atomic E-state index is 11.8. The number of hydrogen-bond donors (Lipinski definition) is 1. The number of carbonyl (C=O) groups excluding carboxylic acids is 1. The van der Waals surface area contributed by atoms with Crippen molar-refractivity contribution in [3.63, 3.8) is 0 Å². The molecule has 1 aromatic heterocycles. The van der Waals surface area contributed by atoms with E-state index in [1.807, 2.05) is 29.6 Å². The van der Waals surface area contributed by atoms with Crippen LogP contribution in [0.1, 0.15) is 15.7 Å². The second kappa shape index (κ2) is 5.99.